The van der Waals surface area contributed by atoms with Crippen LogP contribution in [0.1, 0.15) is 32.6 Å². The number of esters is 1. The SMILES string of the molecule is CCOC(=O)C1=C2CCC[C@]23C=CC=C[C@H]1C3. The third-order valence-electron chi connectivity index (χ3n) is 4.30. The normalized spacial score (nSPS) is 33.8. The van der Waals surface area contributed by atoms with Crippen LogP contribution < -0.4 is 0 Å². The van der Waals surface area contributed by atoms with Crippen LogP contribution in [0.4, 0.5) is 0 Å². The van der Waals surface area contributed by atoms with Crippen LogP contribution in [0.3, 0.4) is 0 Å². The highest BCUT2D eigenvalue weighted by molar-refractivity contribution is 5.92. The van der Waals surface area contributed by atoms with Gasteiger partial charge in [0.15, 0.2) is 0 Å². The van der Waals surface area contributed by atoms with Crippen LogP contribution in [0.2, 0.25) is 0 Å². The Hall–Kier alpha value is -1.31. The van der Waals surface area contributed by atoms with E-state index in [1.807, 2.05) is 6.92 Å². The second kappa shape index (κ2) is 3.86. The molecule has 0 aliphatic heterocycles. The smallest absolute Gasteiger partial charge is 0.334 e. The number of carbonyl (C=O) groups is 1. The lowest BCUT2D eigenvalue weighted by Crippen LogP contribution is -2.13. The van der Waals surface area contributed by atoms with Crippen LogP contribution in [-0.2, 0) is 9.53 Å². The third-order valence-corrected chi connectivity index (χ3v) is 4.30. The van der Waals surface area contributed by atoms with Crippen LogP contribution in [0.15, 0.2) is 35.5 Å². The number of rotatable bonds is 2. The lowest BCUT2D eigenvalue weighted by atomic mass is 9.82. The molecule has 2 heteroatoms. The summed E-state index contributed by atoms with van der Waals surface area (Å²) in [5.74, 6) is 0.190. The number of hydrogen-bond donors (Lipinski definition) is 0. The molecule has 3 aliphatic carbocycles. The molecule has 0 aromatic carbocycles. The van der Waals surface area contributed by atoms with E-state index in [0.717, 1.165) is 18.4 Å². The van der Waals surface area contributed by atoms with Gasteiger partial charge in [-0.15, -0.1) is 0 Å². The lowest BCUT2D eigenvalue weighted by molar-refractivity contribution is -0.138. The van der Waals surface area contributed by atoms with E-state index < -0.39 is 0 Å². The van der Waals surface area contributed by atoms with E-state index in [9.17, 15) is 4.79 Å². The molecule has 1 fully saturated rings. The Morgan fingerprint density at radius 2 is 2.41 bits per heavy atom. The molecule has 0 aromatic rings. The first-order chi connectivity index (χ1) is 8.27. The molecule has 0 amide bonds. The topological polar surface area (TPSA) is 26.3 Å². The van der Waals surface area contributed by atoms with Crippen LogP contribution in [-0.4, -0.2) is 12.6 Å². The highest BCUT2D eigenvalue weighted by atomic mass is 16.5. The van der Waals surface area contributed by atoms with Gasteiger partial charge in [0, 0.05) is 16.9 Å². The highest BCUT2D eigenvalue weighted by Crippen LogP contribution is 2.57. The minimum absolute atomic E-state index is 0.0868. The van der Waals surface area contributed by atoms with Crippen LogP contribution in [0.25, 0.3) is 0 Å². The predicted molar refractivity (Wildman–Crippen MR) is 66.3 cm³/mol. The Morgan fingerprint density at radius 1 is 1.53 bits per heavy atom. The summed E-state index contributed by atoms with van der Waals surface area (Å²) in [5, 5.41) is 0. The van der Waals surface area contributed by atoms with E-state index in [2.05, 4.69) is 24.3 Å². The summed E-state index contributed by atoms with van der Waals surface area (Å²) in [5.41, 5.74) is 2.50. The van der Waals surface area contributed by atoms with Gasteiger partial charge in [-0.2, -0.15) is 0 Å². The van der Waals surface area contributed by atoms with Gasteiger partial charge in [0.25, 0.3) is 0 Å². The van der Waals surface area contributed by atoms with Crippen molar-refractivity contribution in [3.63, 3.8) is 0 Å². The van der Waals surface area contributed by atoms with E-state index in [1.54, 1.807) is 0 Å². The molecule has 0 radical (unpaired) electrons. The van der Waals surface area contributed by atoms with Crippen molar-refractivity contribution in [1.29, 1.82) is 0 Å². The van der Waals surface area contributed by atoms with Gasteiger partial charge in [-0.1, -0.05) is 24.3 Å². The minimum atomic E-state index is -0.0868. The van der Waals surface area contributed by atoms with Gasteiger partial charge in [-0.25, -0.2) is 4.79 Å². The Balaban J connectivity index is 2.06. The zero-order chi connectivity index (χ0) is 11.9. The van der Waals surface area contributed by atoms with Crippen LogP contribution in [0, 0.1) is 11.3 Å². The monoisotopic (exact) mass is 230 g/mol. The first-order valence-electron chi connectivity index (χ1n) is 6.53. The molecule has 0 saturated heterocycles. The zero-order valence-corrected chi connectivity index (χ0v) is 10.2. The average molecular weight is 230 g/mol. The largest absolute Gasteiger partial charge is 0.463 e. The van der Waals surface area contributed by atoms with Crippen molar-refractivity contribution in [1.82, 2.24) is 0 Å². The molecular formula is C15H18O2. The van der Waals surface area contributed by atoms with Gasteiger partial charge < -0.3 is 4.74 Å². The number of ether oxygens (including phenoxy) is 1. The molecule has 3 aliphatic rings. The molecule has 1 saturated carbocycles. The number of allylic oxidation sites excluding steroid dienone is 5. The molecule has 3 rings (SSSR count). The molecule has 0 aromatic heterocycles. The quantitative estimate of drug-likeness (QED) is 0.681. The van der Waals surface area contributed by atoms with Crippen molar-refractivity contribution in [3.8, 4) is 0 Å². The molecule has 0 heterocycles. The Kier molecular flexibility index (Phi) is 2.46. The predicted octanol–water partition coefficient (Wildman–Crippen LogP) is 3.16. The standard InChI is InChI=1S/C15H18O2/c1-2-17-14(16)13-11-6-3-4-8-15(10-11)9-5-7-12(13)15/h3-4,6,8,11H,2,5,7,9-10H2,1H3/t11-,15-/m0/s1. The average Bonchev–Trinajstić information content (AvgIpc) is 2.67. The first kappa shape index (κ1) is 10.8. The Labute approximate surface area is 102 Å². The Morgan fingerprint density at radius 3 is 3.24 bits per heavy atom. The number of hydrogen-bond acceptors (Lipinski definition) is 2. The van der Waals surface area contributed by atoms with E-state index in [0.29, 0.717) is 6.61 Å². The van der Waals surface area contributed by atoms with Gasteiger partial charge in [0.05, 0.1) is 6.61 Å². The maximum Gasteiger partial charge on any atom is 0.334 e. The molecular weight excluding hydrogens is 212 g/mol. The second-order valence-corrected chi connectivity index (χ2v) is 5.18. The minimum Gasteiger partial charge on any atom is -0.463 e. The van der Waals surface area contributed by atoms with Crippen molar-refractivity contribution < 1.29 is 9.53 Å². The maximum atomic E-state index is 12.1. The van der Waals surface area contributed by atoms with E-state index in [1.165, 1.54) is 18.4 Å². The first-order valence-corrected chi connectivity index (χ1v) is 6.53. The van der Waals surface area contributed by atoms with Gasteiger partial charge in [0.2, 0.25) is 0 Å². The van der Waals surface area contributed by atoms with E-state index in [4.69, 9.17) is 4.74 Å². The zero-order valence-electron chi connectivity index (χ0n) is 10.2. The third kappa shape index (κ3) is 1.50. The number of fused-ring (bicyclic) bond motifs is 1. The fourth-order valence-corrected chi connectivity index (χ4v) is 3.66. The van der Waals surface area contributed by atoms with Crippen LogP contribution >= 0.6 is 0 Å². The molecule has 2 bridgehead atoms. The summed E-state index contributed by atoms with van der Waals surface area (Å²) in [7, 11) is 0. The molecule has 17 heavy (non-hydrogen) atoms. The van der Waals surface area contributed by atoms with E-state index >= 15 is 0 Å². The summed E-state index contributed by atoms with van der Waals surface area (Å²) in [6.45, 7) is 2.34. The fraction of sp³-hybridized carbons (Fsp3) is 0.533. The van der Waals surface area contributed by atoms with E-state index in [-0.39, 0.29) is 17.3 Å². The Bertz CT molecular complexity index is 442. The van der Waals surface area contributed by atoms with Crippen molar-refractivity contribution in [2.45, 2.75) is 32.6 Å². The molecule has 2 atom stereocenters. The summed E-state index contributed by atoms with van der Waals surface area (Å²) in [4.78, 5) is 12.1. The van der Waals surface area contributed by atoms with Crippen molar-refractivity contribution in [2.75, 3.05) is 6.61 Å². The molecule has 90 valence electrons. The second-order valence-electron chi connectivity index (χ2n) is 5.18. The van der Waals surface area contributed by atoms with Crippen molar-refractivity contribution in [3.05, 3.63) is 35.5 Å². The summed E-state index contributed by atoms with van der Waals surface area (Å²) >= 11 is 0. The summed E-state index contributed by atoms with van der Waals surface area (Å²) in [6.07, 6.45) is 13.2. The fourth-order valence-electron chi connectivity index (χ4n) is 3.66. The lowest BCUT2D eigenvalue weighted by Gasteiger charge is -2.21. The van der Waals surface area contributed by atoms with Crippen molar-refractivity contribution >= 4 is 5.97 Å². The number of carbonyl (C=O) groups excluding carboxylic acids is 1. The highest BCUT2D eigenvalue weighted by Gasteiger charge is 2.48. The molecule has 2 nitrogen and oxygen atoms in total. The van der Waals surface area contributed by atoms with Gasteiger partial charge in [-0.05, 0) is 38.2 Å². The molecule has 0 unspecified atom stereocenters. The van der Waals surface area contributed by atoms with Gasteiger partial charge >= 0.3 is 5.97 Å². The maximum absolute atomic E-state index is 12.1. The van der Waals surface area contributed by atoms with Crippen molar-refractivity contribution in [2.24, 2.45) is 11.3 Å². The summed E-state index contributed by atoms with van der Waals surface area (Å²) < 4.78 is 5.22. The summed E-state index contributed by atoms with van der Waals surface area (Å²) in [6, 6.07) is 0. The van der Waals surface area contributed by atoms with Gasteiger partial charge in [0.1, 0.15) is 0 Å². The molecule has 0 N–H and O–H groups in total. The van der Waals surface area contributed by atoms with Gasteiger partial charge in [-0.3, -0.25) is 0 Å². The van der Waals surface area contributed by atoms with Crippen LogP contribution in [0.5, 0.6) is 0 Å². The molecule has 1 spiro atoms.